The zero-order valence-corrected chi connectivity index (χ0v) is 22.7. The molecule has 1 aromatic carbocycles. The van der Waals surface area contributed by atoms with Gasteiger partial charge in [-0.3, -0.25) is 14.3 Å². The minimum atomic E-state index is -5.08. The van der Waals surface area contributed by atoms with Crippen molar-refractivity contribution in [2.75, 3.05) is 31.5 Å². The summed E-state index contributed by atoms with van der Waals surface area (Å²) in [5, 5.41) is 25.3. The van der Waals surface area contributed by atoms with E-state index in [4.69, 9.17) is 26.8 Å². The number of hydrogen-bond acceptors (Lipinski definition) is 7. The molecule has 0 spiro atoms. The van der Waals surface area contributed by atoms with Crippen molar-refractivity contribution in [3.05, 3.63) is 52.7 Å². The number of nitrogens with one attached hydrogen (secondary N) is 2. The second-order valence-corrected chi connectivity index (χ2v) is 9.17. The van der Waals surface area contributed by atoms with Gasteiger partial charge in [-0.05, 0) is 18.2 Å². The molecule has 1 fully saturated rings. The van der Waals surface area contributed by atoms with E-state index in [9.17, 15) is 35.9 Å². The fraction of sp³-hybridized carbons (Fsp3) is 0.333. The van der Waals surface area contributed by atoms with Crippen molar-refractivity contribution < 1.29 is 45.8 Å². The van der Waals surface area contributed by atoms with E-state index in [1.807, 2.05) is 0 Å². The third kappa shape index (κ3) is 8.02. The van der Waals surface area contributed by atoms with Crippen LogP contribution in [-0.4, -0.2) is 79.5 Å². The van der Waals surface area contributed by atoms with Gasteiger partial charge in [0.1, 0.15) is 6.54 Å². The number of imidazole rings is 1. The Balaban J connectivity index is 0.000000646. The molecule has 19 heteroatoms. The number of alkyl halides is 6. The zero-order valence-electron chi connectivity index (χ0n) is 21.9. The maximum Gasteiger partial charge on any atom is 0.490 e. The van der Waals surface area contributed by atoms with Crippen molar-refractivity contribution >= 4 is 35.1 Å². The normalized spacial score (nSPS) is 13.5. The molecule has 0 atom stereocenters. The molecule has 0 radical (unpaired) electrons. The third-order valence-electron chi connectivity index (χ3n) is 5.83. The highest BCUT2D eigenvalue weighted by atomic mass is 35.5. The third-order valence-corrected chi connectivity index (χ3v) is 6.15. The van der Waals surface area contributed by atoms with E-state index in [1.54, 1.807) is 11.0 Å². The summed E-state index contributed by atoms with van der Waals surface area (Å²) < 4.78 is 74.3. The number of rotatable bonds is 5. The van der Waals surface area contributed by atoms with Gasteiger partial charge in [0.15, 0.2) is 11.5 Å². The van der Waals surface area contributed by atoms with Crippen LogP contribution in [-0.2, 0) is 24.6 Å². The minimum Gasteiger partial charge on any atom is -0.475 e. The molecule has 0 aliphatic carbocycles. The van der Waals surface area contributed by atoms with Crippen molar-refractivity contribution in [1.29, 1.82) is 5.26 Å². The Bertz CT molecular complexity index is 1550. The van der Waals surface area contributed by atoms with Crippen molar-refractivity contribution in [2.45, 2.75) is 18.9 Å². The van der Waals surface area contributed by atoms with Gasteiger partial charge in [-0.25, -0.2) is 9.78 Å². The molecule has 4 rings (SSSR count). The minimum absolute atomic E-state index is 0.00772. The summed E-state index contributed by atoms with van der Waals surface area (Å²) in [5.74, 6) is -3.83. The Morgan fingerprint density at radius 3 is 2.33 bits per heavy atom. The first-order valence-corrected chi connectivity index (χ1v) is 12.4. The summed E-state index contributed by atoms with van der Waals surface area (Å²) in [6, 6.07) is 6.18. The van der Waals surface area contributed by atoms with Crippen molar-refractivity contribution in [3.8, 4) is 17.3 Å². The number of carboxylic acids is 1. The van der Waals surface area contributed by atoms with E-state index >= 15 is 0 Å². The van der Waals surface area contributed by atoms with Gasteiger partial charge in [-0.2, -0.15) is 36.7 Å². The van der Waals surface area contributed by atoms with Crippen molar-refractivity contribution in [3.63, 3.8) is 0 Å². The van der Waals surface area contributed by atoms with Gasteiger partial charge in [-0.1, -0.05) is 11.6 Å². The lowest BCUT2D eigenvalue weighted by Crippen LogP contribution is -2.46. The smallest absolute Gasteiger partial charge is 0.475 e. The Hall–Kier alpha value is -4.63. The summed E-state index contributed by atoms with van der Waals surface area (Å²) in [4.78, 5) is 40.1. The van der Waals surface area contributed by atoms with Crippen LogP contribution in [0.4, 0.5) is 32.0 Å². The number of hydrogen-bond donors (Lipinski definition) is 3. The predicted octanol–water partition coefficient (Wildman–Crippen LogP) is 3.41. The van der Waals surface area contributed by atoms with Gasteiger partial charge in [0.25, 0.3) is 11.8 Å². The molecule has 3 heterocycles. The number of aromatic nitrogens is 4. The number of carbonyl (C=O) groups excluding carboxylic acids is 2. The molecule has 0 bridgehead atoms. The fourth-order valence-corrected chi connectivity index (χ4v) is 4.10. The van der Waals surface area contributed by atoms with E-state index < -0.39 is 29.9 Å². The molecule has 1 aliphatic heterocycles. The molecule has 0 saturated carbocycles. The van der Waals surface area contributed by atoms with E-state index in [1.165, 1.54) is 29.8 Å². The molecule has 3 N–H and O–H groups in total. The highest BCUT2D eigenvalue weighted by molar-refractivity contribution is 6.34. The number of benzene rings is 1. The van der Waals surface area contributed by atoms with Crippen molar-refractivity contribution in [2.24, 2.45) is 7.05 Å². The number of halogens is 7. The average Bonchev–Trinajstić information content (AvgIpc) is 3.52. The van der Waals surface area contributed by atoms with E-state index in [2.05, 4.69) is 20.7 Å². The lowest BCUT2D eigenvalue weighted by Gasteiger charge is -2.27. The van der Waals surface area contributed by atoms with Gasteiger partial charge in [0.05, 0.1) is 34.1 Å². The monoisotopic (exact) mass is 634 g/mol. The first-order valence-electron chi connectivity index (χ1n) is 12.0. The summed E-state index contributed by atoms with van der Waals surface area (Å²) in [7, 11) is 1.39. The van der Waals surface area contributed by atoms with Crippen LogP contribution in [0.5, 0.6) is 0 Å². The standard InChI is InChI=1S/C22H20ClF3N8O2.C2HF3O2/c1-32-17(15-12-34(7-4-27)31-18(15)22(24,25)26)11-29-19(32)20(35)30-13-2-3-14(16(23)10-13)21(36)33-8-5-28-6-9-33;3-2(4,5)1(6)7/h2-3,10-12,28H,5-9H2,1H3,(H,30,35);(H,6,7). The first kappa shape index (κ1) is 32.9. The fourth-order valence-electron chi connectivity index (χ4n) is 3.83. The Morgan fingerprint density at radius 2 is 1.79 bits per heavy atom. The van der Waals surface area contributed by atoms with E-state index in [0.29, 0.717) is 31.7 Å². The Morgan fingerprint density at radius 1 is 1.16 bits per heavy atom. The molecule has 230 valence electrons. The largest absolute Gasteiger partial charge is 0.490 e. The van der Waals surface area contributed by atoms with Crippen LogP contribution in [0.2, 0.25) is 5.02 Å². The van der Waals surface area contributed by atoms with Crippen LogP contribution < -0.4 is 10.6 Å². The van der Waals surface area contributed by atoms with Crippen LogP contribution in [0.15, 0.2) is 30.6 Å². The van der Waals surface area contributed by atoms with Crippen LogP contribution in [0, 0.1) is 11.3 Å². The van der Waals surface area contributed by atoms with Gasteiger partial charge >= 0.3 is 18.3 Å². The molecule has 43 heavy (non-hydrogen) atoms. The summed E-state index contributed by atoms with van der Waals surface area (Å²) in [6.07, 6.45) is -7.65. The maximum atomic E-state index is 13.5. The summed E-state index contributed by atoms with van der Waals surface area (Å²) in [6.45, 7) is 2.11. The van der Waals surface area contributed by atoms with Crippen molar-refractivity contribution in [1.82, 2.24) is 29.5 Å². The van der Waals surface area contributed by atoms with Gasteiger partial charge < -0.3 is 25.2 Å². The molecule has 1 saturated heterocycles. The summed E-state index contributed by atoms with van der Waals surface area (Å²) in [5.41, 5.74) is -0.935. The Labute approximate surface area is 243 Å². The van der Waals surface area contributed by atoms with E-state index in [-0.39, 0.29) is 40.2 Å². The number of aliphatic carboxylic acids is 1. The van der Waals surface area contributed by atoms with Gasteiger partial charge in [0, 0.05) is 45.1 Å². The van der Waals surface area contributed by atoms with Gasteiger partial charge in [0.2, 0.25) is 0 Å². The molecule has 1 aliphatic rings. The number of anilines is 1. The van der Waals surface area contributed by atoms with E-state index in [0.717, 1.165) is 17.1 Å². The Kier molecular flexibility index (Phi) is 10.0. The summed E-state index contributed by atoms with van der Waals surface area (Å²) >= 11 is 6.30. The second kappa shape index (κ2) is 13.1. The number of piperazine rings is 1. The number of amides is 2. The first-order chi connectivity index (χ1) is 20.0. The molecular formula is C24H21ClF6N8O4. The number of carboxylic acid groups (broad SMARTS) is 1. The number of nitrogens with zero attached hydrogens (tertiary/aromatic N) is 6. The SMILES string of the molecule is Cn1c(-c2cn(CC#N)nc2C(F)(F)F)cnc1C(=O)Nc1ccc(C(=O)N2CCNCC2)c(Cl)c1.O=C(O)C(F)(F)F. The number of carbonyl (C=O) groups is 3. The van der Waals surface area contributed by atoms with Gasteiger partial charge in [-0.15, -0.1) is 0 Å². The van der Waals surface area contributed by atoms with Crippen LogP contribution >= 0.6 is 11.6 Å². The average molecular weight is 635 g/mol. The molecule has 2 aromatic heterocycles. The van der Waals surface area contributed by atoms with Crippen LogP contribution in [0.1, 0.15) is 26.7 Å². The topological polar surface area (TPSA) is 158 Å². The highest BCUT2D eigenvalue weighted by Crippen LogP contribution is 2.36. The maximum absolute atomic E-state index is 13.5. The van der Waals surface area contributed by atoms with Crippen LogP contribution in [0.3, 0.4) is 0 Å². The molecular weight excluding hydrogens is 614 g/mol. The molecule has 3 aromatic rings. The predicted molar refractivity (Wildman–Crippen MR) is 137 cm³/mol. The molecule has 2 amide bonds. The highest BCUT2D eigenvalue weighted by Gasteiger charge is 2.39. The zero-order chi connectivity index (χ0) is 32.1. The second-order valence-electron chi connectivity index (χ2n) is 8.76. The molecule has 12 nitrogen and oxygen atoms in total. The quantitative estimate of drug-likeness (QED) is 0.360. The molecule has 0 unspecified atom stereocenters. The van der Waals surface area contributed by atoms with Crippen LogP contribution in [0.25, 0.3) is 11.3 Å². The lowest BCUT2D eigenvalue weighted by molar-refractivity contribution is -0.192. The number of nitriles is 1. The lowest BCUT2D eigenvalue weighted by atomic mass is 10.1.